The van der Waals surface area contributed by atoms with Gasteiger partial charge in [-0.1, -0.05) is 6.92 Å². The van der Waals surface area contributed by atoms with E-state index in [2.05, 4.69) is 27.5 Å². The highest BCUT2D eigenvalue weighted by molar-refractivity contribution is 5.82. The van der Waals surface area contributed by atoms with E-state index in [0.717, 1.165) is 50.4 Å². The zero-order valence-corrected chi connectivity index (χ0v) is 20.2. The van der Waals surface area contributed by atoms with Gasteiger partial charge in [0.2, 0.25) is 0 Å². The Morgan fingerprint density at radius 1 is 1.09 bits per heavy atom. The minimum absolute atomic E-state index is 0.00933. The molecule has 34 heavy (non-hydrogen) atoms. The lowest BCUT2D eigenvalue weighted by Crippen LogP contribution is -2.51. The molecule has 0 amide bonds. The maximum atomic E-state index is 13.5. The van der Waals surface area contributed by atoms with Crippen molar-refractivity contribution in [2.45, 2.75) is 83.8 Å². The molecule has 2 N–H and O–H groups in total. The van der Waals surface area contributed by atoms with Crippen LogP contribution in [0.1, 0.15) is 71.6 Å². The third kappa shape index (κ3) is 3.41. The molecule has 0 saturated heterocycles. The number of nitrogens with one attached hydrogen (secondary N) is 1. The quantitative estimate of drug-likeness (QED) is 0.712. The van der Waals surface area contributed by atoms with Crippen LogP contribution in [0.2, 0.25) is 0 Å². The third-order valence-electron chi connectivity index (χ3n) is 10.3. The minimum Gasteiger partial charge on any atom is -0.390 e. The van der Waals surface area contributed by atoms with Gasteiger partial charge >= 0.3 is 5.69 Å². The summed E-state index contributed by atoms with van der Waals surface area (Å²) in [6.45, 7) is 4.34. The van der Waals surface area contributed by atoms with Gasteiger partial charge in [-0.15, -0.1) is 0 Å². The predicted octanol–water partition coefficient (Wildman–Crippen LogP) is 2.74. The number of aromatic amines is 1. The molecule has 0 bridgehead atoms. The van der Waals surface area contributed by atoms with Gasteiger partial charge in [-0.25, -0.2) is 4.79 Å². The largest absolute Gasteiger partial charge is 0.390 e. The summed E-state index contributed by atoms with van der Waals surface area (Å²) in [4.78, 5) is 26.2. The molecule has 4 aliphatic carbocycles. The molecule has 8 atom stereocenters. The second-order valence-corrected chi connectivity index (χ2v) is 12.1. The number of carbonyl (C=O) groups excluding carboxylic acids is 1. The summed E-state index contributed by atoms with van der Waals surface area (Å²) in [5.41, 5.74) is -0.381. The van der Waals surface area contributed by atoms with Gasteiger partial charge in [0.05, 0.1) is 11.8 Å². The van der Waals surface area contributed by atoms with Gasteiger partial charge in [0.25, 0.3) is 0 Å². The van der Waals surface area contributed by atoms with E-state index in [-0.39, 0.29) is 23.7 Å². The van der Waals surface area contributed by atoms with Crippen molar-refractivity contribution in [3.05, 3.63) is 22.9 Å². The molecule has 0 aliphatic heterocycles. The van der Waals surface area contributed by atoms with Crippen molar-refractivity contribution in [2.75, 3.05) is 0 Å². The lowest BCUT2D eigenvalue weighted by atomic mass is 9.49. The SMILES string of the molecule is C[C@@]1(O)CC[C@H]2[C@H](CC[C@@H]3[C@@H]2CC[C@]2(C)[C@@H](C(=O)Cn4nnn(-c5cn[nH]c5)c4=O)CC[C@@H]32)C1. The molecular weight excluding hydrogens is 432 g/mol. The van der Waals surface area contributed by atoms with Crippen LogP contribution in [0, 0.1) is 40.9 Å². The predicted molar refractivity (Wildman–Crippen MR) is 124 cm³/mol. The molecular formula is C25H36N6O3. The first-order valence-electron chi connectivity index (χ1n) is 13.0. The van der Waals surface area contributed by atoms with Gasteiger partial charge < -0.3 is 5.11 Å². The number of fused-ring (bicyclic) bond motifs is 5. The fraction of sp³-hybridized carbons (Fsp3) is 0.800. The van der Waals surface area contributed by atoms with Crippen LogP contribution in [0.25, 0.3) is 5.69 Å². The summed E-state index contributed by atoms with van der Waals surface area (Å²) in [7, 11) is 0. The van der Waals surface area contributed by atoms with Crippen molar-refractivity contribution in [2.24, 2.45) is 40.9 Å². The van der Waals surface area contributed by atoms with Gasteiger partial charge in [0, 0.05) is 12.1 Å². The van der Waals surface area contributed by atoms with E-state index in [1.807, 2.05) is 6.92 Å². The van der Waals surface area contributed by atoms with Gasteiger partial charge in [-0.05, 0) is 110 Å². The van der Waals surface area contributed by atoms with Crippen LogP contribution in [0.4, 0.5) is 0 Å². The van der Waals surface area contributed by atoms with Crippen molar-refractivity contribution in [3.63, 3.8) is 0 Å². The summed E-state index contributed by atoms with van der Waals surface area (Å²) < 4.78 is 2.36. The van der Waals surface area contributed by atoms with Crippen molar-refractivity contribution >= 4 is 5.78 Å². The van der Waals surface area contributed by atoms with Crippen LogP contribution >= 0.6 is 0 Å². The normalized spacial score (nSPS) is 41.5. The zero-order chi connectivity index (χ0) is 23.7. The molecule has 2 aromatic heterocycles. The molecule has 184 valence electrons. The van der Waals surface area contributed by atoms with Crippen LogP contribution < -0.4 is 5.69 Å². The van der Waals surface area contributed by atoms with Crippen LogP contribution in [-0.2, 0) is 11.3 Å². The Labute approximate surface area is 199 Å². The van der Waals surface area contributed by atoms with Crippen molar-refractivity contribution < 1.29 is 9.90 Å². The summed E-state index contributed by atoms with van der Waals surface area (Å²) in [5, 5.41) is 25.0. The number of tetrazole rings is 1. The lowest BCUT2D eigenvalue weighted by molar-refractivity contribution is -0.133. The zero-order valence-electron chi connectivity index (χ0n) is 20.2. The molecule has 0 aromatic carbocycles. The third-order valence-corrected chi connectivity index (χ3v) is 10.3. The van der Waals surface area contributed by atoms with E-state index in [4.69, 9.17) is 0 Å². The second kappa shape index (κ2) is 7.86. The first-order valence-corrected chi connectivity index (χ1v) is 13.0. The fourth-order valence-electron chi connectivity index (χ4n) is 8.76. The average molecular weight is 469 g/mol. The molecule has 9 heteroatoms. The van der Waals surface area contributed by atoms with Gasteiger partial charge in [-0.2, -0.15) is 14.5 Å². The van der Waals surface area contributed by atoms with E-state index in [0.29, 0.717) is 23.4 Å². The van der Waals surface area contributed by atoms with Crippen molar-refractivity contribution in [1.82, 2.24) is 30.0 Å². The minimum atomic E-state index is -0.487. The maximum absolute atomic E-state index is 13.5. The Bertz CT molecular complexity index is 1120. The highest BCUT2D eigenvalue weighted by atomic mass is 16.3. The summed E-state index contributed by atoms with van der Waals surface area (Å²) in [5.74, 6) is 3.54. The monoisotopic (exact) mass is 468 g/mol. The molecule has 0 spiro atoms. The number of H-pyrrole nitrogens is 1. The van der Waals surface area contributed by atoms with E-state index in [1.54, 1.807) is 6.20 Å². The first-order chi connectivity index (χ1) is 16.3. The Balaban J connectivity index is 1.18. The van der Waals surface area contributed by atoms with Crippen LogP contribution in [0.5, 0.6) is 0 Å². The standard InChI is InChI=1S/C25H36N6O3/c1-24(34)9-7-17-15(11-24)3-4-19-18(17)8-10-25(2)20(19)5-6-21(25)22(32)14-30-23(33)31(29-28-30)16-12-26-27-13-16/h12-13,15,17-21,34H,3-11,14H2,1-2H3,(H,26,27)/t15-,17+,18-,19-,20+,21-,24-,25+/m1/s1. The summed E-state index contributed by atoms with van der Waals surface area (Å²) >= 11 is 0. The van der Waals surface area contributed by atoms with E-state index >= 15 is 0 Å². The number of hydrogen-bond donors (Lipinski definition) is 2. The summed E-state index contributed by atoms with van der Waals surface area (Å²) in [6.07, 6.45) is 12.9. The Morgan fingerprint density at radius 2 is 1.91 bits per heavy atom. The number of nitrogens with zero attached hydrogens (tertiary/aromatic N) is 5. The summed E-state index contributed by atoms with van der Waals surface area (Å²) in [6, 6.07) is 0. The van der Waals surface area contributed by atoms with Crippen molar-refractivity contribution in [3.8, 4) is 5.69 Å². The van der Waals surface area contributed by atoms with Crippen LogP contribution in [0.15, 0.2) is 17.2 Å². The number of Topliss-reactive ketones (excluding diaryl/α,β-unsaturated/α-hetero) is 1. The molecule has 4 fully saturated rings. The second-order valence-electron chi connectivity index (χ2n) is 12.1. The molecule has 4 saturated carbocycles. The van der Waals surface area contributed by atoms with E-state index < -0.39 is 11.3 Å². The van der Waals surface area contributed by atoms with E-state index in [1.165, 1.54) is 34.8 Å². The smallest absolute Gasteiger partial charge is 0.369 e. The maximum Gasteiger partial charge on any atom is 0.369 e. The average Bonchev–Trinajstić information content (AvgIpc) is 3.52. The fourth-order valence-corrected chi connectivity index (χ4v) is 8.76. The van der Waals surface area contributed by atoms with Crippen LogP contribution in [0.3, 0.4) is 0 Å². The number of aromatic nitrogens is 6. The van der Waals surface area contributed by atoms with Gasteiger partial charge in [-0.3, -0.25) is 9.89 Å². The Kier molecular flexibility index (Phi) is 5.13. The number of ketones is 1. The number of carbonyl (C=O) groups is 1. The van der Waals surface area contributed by atoms with Gasteiger partial charge in [0.15, 0.2) is 5.78 Å². The number of rotatable bonds is 4. The highest BCUT2D eigenvalue weighted by Crippen LogP contribution is 2.64. The molecule has 9 nitrogen and oxygen atoms in total. The molecule has 6 rings (SSSR count). The van der Waals surface area contributed by atoms with Crippen LogP contribution in [-0.4, -0.2) is 46.5 Å². The molecule has 2 aromatic rings. The lowest BCUT2D eigenvalue weighted by Gasteiger charge is -2.56. The van der Waals surface area contributed by atoms with Crippen molar-refractivity contribution in [1.29, 1.82) is 0 Å². The Hall–Kier alpha value is -2.29. The van der Waals surface area contributed by atoms with E-state index in [9.17, 15) is 14.7 Å². The Morgan fingerprint density at radius 3 is 2.71 bits per heavy atom. The topological polar surface area (TPSA) is 119 Å². The molecule has 4 aliphatic rings. The molecule has 2 heterocycles. The molecule has 0 unspecified atom stereocenters. The first kappa shape index (κ1) is 22.2. The molecule has 0 radical (unpaired) electrons. The number of hydrogen-bond acceptors (Lipinski definition) is 6. The number of aliphatic hydroxyl groups is 1. The highest BCUT2D eigenvalue weighted by Gasteiger charge is 2.58. The van der Waals surface area contributed by atoms with Gasteiger partial charge in [0.1, 0.15) is 12.2 Å².